The number of hydrogen-bond donors (Lipinski definition) is 0. The normalized spacial score (nSPS) is 13.6. The van der Waals surface area contributed by atoms with Gasteiger partial charge in [-0.1, -0.05) is 139 Å². The van der Waals surface area contributed by atoms with Crippen LogP contribution in [0.2, 0.25) is 0 Å². The molecule has 2 nitrogen and oxygen atoms in total. The fraction of sp³-hybridized carbons (Fsp3) is 0.0417. The summed E-state index contributed by atoms with van der Waals surface area (Å²) in [5.74, 6) is 13.9. The maximum Gasteiger partial charge on any atom is 0.160 e. The van der Waals surface area contributed by atoms with E-state index in [1.165, 1.54) is 31.3 Å². The van der Waals surface area contributed by atoms with Gasteiger partial charge in [0.25, 0.3) is 0 Å². The molecule has 2 aliphatic carbocycles. The summed E-state index contributed by atoms with van der Waals surface area (Å²) in [6.07, 6.45) is 11.7. The summed E-state index contributed by atoms with van der Waals surface area (Å²) in [5, 5.41) is 2.56. The van der Waals surface area contributed by atoms with Gasteiger partial charge in [0.15, 0.2) is 5.82 Å². The summed E-state index contributed by atoms with van der Waals surface area (Å²) in [7, 11) is 0. The van der Waals surface area contributed by atoms with E-state index in [2.05, 4.69) is 169 Å². The third-order valence-electron chi connectivity index (χ3n) is 9.24. The Hall–Kier alpha value is -6.52. The van der Waals surface area contributed by atoms with Crippen molar-refractivity contribution >= 4 is 37.1 Å². The average molecular weight is 667 g/mol. The van der Waals surface area contributed by atoms with Crippen LogP contribution in [0.15, 0.2) is 169 Å². The molecule has 3 heteroatoms. The molecule has 0 bridgehead atoms. The summed E-state index contributed by atoms with van der Waals surface area (Å²) in [6.45, 7) is 0. The molecule has 5 aromatic carbocycles. The Labute approximate surface area is 301 Å². The van der Waals surface area contributed by atoms with Gasteiger partial charge in [0.1, 0.15) is 0 Å². The largest absolute Gasteiger partial charge is 0.228 e. The zero-order valence-corrected chi connectivity index (χ0v) is 28.5. The van der Waals surface area contributed by atoms with Gasteiger partial charge in [-0.05, 0) is 70.3 Å². The van der Waals surface area contributed by atoms with Gasteiger partial charge >= 0.3 is 0 Å². The molecule has 0 amide bonds. The van der Waals surface area contributed by atoms with Crippen LogP contribution in [0.5, 0.6) is 0 Å². The van der Waals surface area contributed by atoms with Gasteiger partial charge in [-0.15, -0.1) is 11.3 Å². The number of benzene rings is 5. The Morgan fingerprint density at radius 3 is 2.06 bits per heavy atom. The Morgan fingerprint density at radius 1 is 0.490 bits per heavy atom. The summed E-state index contributed by atoms with van der Waals surface area (Å²) in [6, 6.07) is 45.2. The summed E-state index contributed by atoms with van der Waals surface area (Å²) in [4.78, 5) is 10.4. The maximum atomic E-state index is 5.23. The quantitative estimate of drug-likeness (QED) is 0.165. The second-order valence-corrected chi connectivity index (χ2v) is 13.6. The van der Waals surface area contributed by atoms with E-state index in [-0.39, 0.29) is 0 Å². The van der Waals surface area contributed by atoms with Crippen molar-refractivity contribution in [2.75, 3.05) is 0 Å². The third kappa shape index (κ3) is 6.24. The van der Waals surface area contributed by atoms with Crippen molar-refractivity contribution < 1.29 is 0 Å². The van der Waals surface area contributed by atoms with Crippen LogP contribution in [-0.2, 0) is 0 Å². The van der Waals surface area contributed by atoms with E-state index < -0.39 is 0 Å². The Bertz CT molecular complexity index is 2750. The van der Waals surface area contributed by atoms with Crippen molar-refractivity contribution in [2.24, 2.45) is 0 Å². The molecule has 0 N–H and O–H groups in total. The number of fused-ring (bicyclic) bond motifs is 3. The first-order valence-corrected chi connectivity index (χ1v) is 17.9. The van der Waals surface area contributed by atoms with Gasteiger partial charge in [0.05, 0.1) is 11.4 Å². The molecule has 0 radical (unpaired) electrons. The Kier molecular flexibility index (Phi) is 8.03. The first-order chi connectivity index (χ1) is 25.2. The molecule has 0 saturated heterocycles. The average Bonchev–Trinajstić information content (AvgIpc) is 3.37. The van der Waals surface area contributed by atoms with Crippen LogP contribution in [0.3, 0.4) is 0 Å². The molecular weight excluding hydrogens is 637 g/mol. The van der Waals surface area contributed by atoms with E-state index in [0.717, 1.165) is 56.8 Å². The minimum Gasteiger partial charge on any atom is -0.228 e. The number of aromatic nitrogens is 2. The first kappa shape index (κ1) is 30.5. The topological polar surface area (TPSA) is 25.8 Å². The van der Waals surface area contributed by atoms with E-state index in [0.29, 0.717) is 12.2 Å². The van der Waals surface area contributed by atoms with Gasteiger partial charge in [-0.2, -0.15) is 0 Å². The van der Waals surface area contributed by atoms with Crippen LogP contribution < -0.4 is 0 Å². The molecule has 0 atom stereocenters. The van der Waals surface area contributed by atoms with Gasteiger partial charge < -0.3 is 0 Å². The summed E-state index contributed by atoms with van der Waals surface area (Å²) in [5.41, 5.74) is 11.4. The monoisotopic (exact) mass is 666 g/mol. The second-order valence-electron chi connectivity index (χ2n) is 12.6. The molecule has 2 aliphatic rings. The molecular formula is C48H30N2S. The Morgan fingerprint density at radius 2 is 1.18 bits per heavy atom. The lowest BCUT2D eigenvalue weighted by Gasteiger charge is -2.12. The van der Waals surface area contributed by atoms with E-state index >= 15 is 0 Å². The van der Waals surface area contributed by atoms with E-state index in [1.807, 2.05) is 23.5 Å². The Balaban J connectivity index is 1.16. The number of rotatable bonds is 6. The van der Waals surface area contributed by atoms with Crippen molar-refractivity contribution in [3.05, 3.63) is 175 Å². The highest BCUT2D eigenvalue weighted by Gasteiger charge is 2.15. The van der Waals surface area contributed by atoms with Gasteiger partial charge in [-0.25, -0.2) is 9.97 Å². The molecule has 0 aliphatic heterocycles. The molecule has 7 aromatic rings. The molecule has 2 heterocycles. The van der Waals surface area contributed by atoms with E-state index in [1.54, 1.807) is 0 Å². The molecule has 0 saturated carbocycles. The maximum absolute atomic E-state index is 5.23. The van der Waals surface area contributed by atoms with Crippen molar-refractivity contribution in [3.63, 3.8) is 0 Å². The highest BCUT2D eigenvalue weighted by Crippen LogP contribution is 2.37. The van der Waals surface area contributed by atoms with Gasteiger partial charge in [-0.3, -0.25) is 0 Å². The molecule has 2 aromatic heterocycles. The predicted octanol–water partition coefficient (Wildman–Crippen LogP) is 12.1. The number of nitrogens with zero attached hydrogens (tertiary/aromatic N) is 2. The predicted molar refractivity (Wildman–Crippen MR) is 215 cm³/mol. The molecule has 9 rings (SSSR count). The second kappa shape index (κ2) is 13.4. The minimum absolute atomic E-state index is 0.577. The highest BCUT2D eigenvalue weighted by atomic mass is 32.1. The van der Waals surface area contributed by atoms with Crippen LogP contribution in [0.1, 0.15) is 18.5 Å². The van der Waals surface area contributed by atoms with Crippen molar-refractivity contribution in [2.45, 2.75) is 12.8 Å². The van der Waals surface area contributed by atoms with Crippen LogP contribution in [0.4, 0.5) is 0 Å². The molecule has 0 fully saturated rings. The molecule has 238 valence electrons. The SMILES string of the molecule is C1#CC(C2=CC=C(c3cc(-c4ccc5c(c4)sc4ccccc45)nc(-c4cccc(-c5cccc(-c6ccccc6)c5)c4)n3)CC#C2)=CC=CC1. The highest BCUT2D eigenvalue weighted by molar-refractivity contribution is 7.25. The number of hydrogen-bond acceptors (Lipinski definition) is 3. The lowest BCUT2D eigenvalue weighted by molar-refractivity contribution is 1.14. The van der Waals surface area contributed by atoms with Gasteiger partial charge in [0.2, 0.25) is 0 Å². The van der Waals surface area contributed by atoms with Gasteiger partial charge in [0, 0.05) is 55.3 Å². The number of allylic oxidation sites excluding steroid dienone is 8. The standard InChI is InChI=1S/C48H30N2S/c1-2-5-14-33(13-4-1)35-17-10-18-36(26-25-35)44-32-45(40-27-28-43-42-23-8-9-24-46(42)51-47(43)31-40)50-48(49-44)41-22-12-21-39(30-41)38-20-11-19-37(29-38)34-15-6-3-7-16-34/h1,3-4,6-9,11-13,15-16,19-32H,2,18H2. The zero-order valence-electron chi connectivity index (χ0n) is 27.7. The van der Waals surface area contributed by atoms with Crippen LogP contribution in [-0.4, -0.2) is 9.97 Å². The first-order valence-electron chi connectivity index (χ1n) is 17.1. The fourth-order valence-electron chi connectivity index (χ4n) is 6.61. The molecule has 0 unspecified atom stereocenters. The lowest BCUT2D eigenvalue weighted by Crippen LogP contribution is -1.98. The molecule has 51 heavy (non-hydrogen) atoms. The van der Waals surface area contributed by atoms with Crippen LogP contribution in [0.25, 0.3) is 70.6 Å². The smallest absolute Gasteiger partial charge is 0.160 e. The van der Waals surface area contributed by atoms with E-state index in [9.17, 15) is 0 Å². The zero-order chi connectivity index (χ0) is 34.0. The fourth-order valence-corrected chi connectivity index (χ4v) is 7.75. The van der Waals surface area contributed by atoms with E-state index in [4.69, 9.17) is 9.97 Å². The third-order valence-corrected chi connectivity index (χ3v) is 10.4. The van der Waals surface area contributed by atoms with Crippen LogP contribution in [0, 0.1) is 23.7 Å². The van der Waals surface area contributed by atoms with Crippen molar-refractivity contribution in [1.29, 1.82) is 0 Å². The number of thiophene rings is 1. The summed E-state index contributed by atoms with van der Waals surface area (Å²) >= 11 is 1.82. The summed E-state index contributed by atoms with van der Waals surface area (Å²) < 4.78 is 2.53. The van der Waals surface area contributed by atoms with Crippen molar-refractivity contribution in [3.8, 4) is 68.6 Å². The lowest BCUT2D eigenvalue weighted by atomic mass is 9.97. The molecule has 0 spiro atoms. The minimum atomic E-state index is 0.577. The van der Waals surface area contributed by atoms with Crippen molar-refractivity contribution in [1.82, 2.24) is 9.97 Å². The van der Waals surface area contributed by atoms with Crippen LogP contribution >= 0.6 is 11.3 Å².